The van der Waals surface area contributed by atoms with E-state index in [1.165, 1.54) is 0 Å². The molecule has 3 unspecified atom stereocenters. The molecule has 0 bridgehead atoms. The maximum Gasteiger partial charge on any atom is 0.224 e. The van der Waals surface area contributed by atoms with Crippen molar-refractivity contribution in [3.8, 4) is 0 Å². The van der Waals surface area contributed by atoms with Crippen LogP contribution in [0.25, 0.3) is 0 Å². The number of benzene rings is 1. The standard InChI is InChI=1S/C18H28N2O2.ClH/c1-5-22-16-12-15(18(16,2)3)20(4)17(21)11-14(19)13-9-7-6-8-10-13;/h6-10,14-16H,5,11-12,19H2,1-4H3;1H. The largest absolute Gasteiger partial charge is 0.378 e. The summed E-state index contributed by atoms with van der Waals surface area (Å²) in [5.41, 5.74) is 7.17. The number of hydrogen-bond donors (Lipinski definition) is 1. The van der Waals surface area contributed by atoms with E-state index in [1.54, 1.807) is 0 Å². The molecule has 5 heteroatoms. The number of nitrogens with two attached hydrogens (primary N) is 1. The second-order valence-electron chi connectivity index (χ2n) is 6.74. The minimum absolute atomic E-state index is 0. The zero-order valence-electron chi connectivity index (χ0n) is 14.5. The van der Waals surface area contributed by atoms with Gasteiger partial charge in [0.1, 0.15) is 0 Å². The van der Waals surface area contributed by atoms with E-state index in [-0.39, 0.29) is 41.9 Å². The van der Waals surface area contributed by atoms with Crippen molar-refractivity contribution in [2.75, 3.05) is 13.7 Å². The van der Waals surface area contributed by atoms with E-state index >= 15 is 0 Å². The Morgan fingerprint density at radius 3 is 2.52 bits per heavy atom. The van der Waals surface area contributed by atoms with E-state index in [1.807, 2.05) is 49.2 Å². The third-order valence-electron chi connectivity index (χ3n) is 4.98. The average molecular weight is 341 g/mol. The van der Waals surface area contributed by atoms with Crippen LogP contribution in [0, 0.1) is 5.41 Å². The van der Waals surface area contributed by atoms with Crippen LogP contribution >= 0.6 is 12.4 Å². The molecule has 3 atom stereocenters. The van der Waals surface area contributed by atoms with Gasteiger partial charge in [0.15, 0.2) is 0 Å². The molecule has 1 fully saturated rings. The van der Waals surface area contributed by atoms with Crippen LogP contribution in [0.3, 0.4) is 0 Å². The van der Waals surface area contributed by atoms with Crippen molar-refractivity contribution in [2.24, 2.45) is 11.1 Å². The molecule has 1 aromatic carbocycles. The Bertz CT molecular complexity index is 507. The van der Waals surface area contributed by atoms with Gasteiger partial charge in [-0.2, -0.15) is 0 Å². The lowest BCUT2D eigenvalue weighted by atomic mass is 9.63. The van der Waals surface area contributed by atoms with Crippen LogP contribution in [0.2, 0.25) is 0 Å². The van der Waals surface area contributed by atoms with Gasteiger partial charge in [-0.1, -0.05) is 44.2 Å². The lowest BCUT2D eigenvalue weighted by Crippen LogP contribution is -2.62. The van der Waals surface area contributed by atoms with Crippen molar-refractivity contribution < 1.29 is 9.53 Å². The Balaban J connectivity index is 0.00000264. The molecule has 0 radical (unpaired) electrons. The predicted octanol–water partition coefficient (Wildman–Crippen LogP) is 3.16. The fourth-order valence-electron chi connectivity index (χ4n) is 3.33. The third kappa shape index (κ3) is 4.25. The summed E-state index contributed by atoms with van der Waals surface area (Å²) in [5, 5.41) is 0. The highest BCUT2D eigenvalue weighted by molar-refractivity contribution is 5.85. The maximum atomic E-state index is 12.5. The van der Waals surface area contributed by atoms with Crippen LogP contribution in [0.5, 0.6) is 0 Å². The molecule has 1 amide bonds. The molecule has 0 heterocycles. The van der Waals surface area contributed by atoms with Crippen molar-refractivity contribution in [1.82, 2.24) is 4.90 Å². The van der Waals surface area contributed by atoms with Gasteiger partial charge in [0.25, 0.3) is 0 Å². The number of carbonyl (C=O) groups excluding carboxylic acids is 1. The van der Waals surface area contributed by atoms with Gasteiger partial charge in [0, 0.05) is 37.6 Å². The number of ether oxygens (including phenoxy) is 1. The first-order valence-electron chi connectivity index (χ1n) is 8.05. The summed E-state index contributed by atoms with van der Waals surface area (Å²) in [4.78, 5) is 14.4. The SMILES string of the molecule is CCOC1CC(N(C)C(=O)CC(N)c2ccccc2)C1(C)C.Cl. The summed E-state index contributed by atoms with van der Waals surface area (Å²) in [7, 11) is 1.88. The molecule has 0 saturated heterocycles. The summed E-state index contributed by atoms with van der Waals surface area (Å²) in [6.45, 7) is 7.07. The first-order valence-corrected chi connectivity index (χ1v) is 8.05. The van der Waals surface area contributed by atoms with Crippen LogP contribution in [0.15, 0.2) is 30.3 Å². The molecule has 130 valence electrons. The van der Waals surface area contributed by atoms with E-state index in [4.69, 9.17) is 10.5 Å². The Labute approximate surface area is 145 Å². The average Bonchev–Trinajstić information content (AvgIpc) is 2.51. The summed E-state index contributed by atoms with van der Waals surface area (Å²) < 4.78 is 5.74. The van der Waals surface area contributed by atoms with Crippen molar-refractivity contribution >= 4 is 18.3 Å². The normalized spacial score (nSPS) is 23.3. The molecule has 0 aliphatic heterocycles. The predicted molar refractivity (Wildman–Crippen MR) is 95.6 cm³/mol. The van der Waals surface area contributed by atoms with E-state index < -0.39 is 0 Å². The molecule has 1 aliphatic rings. The number of nitrogens with zero attached hydrogens (tertiary/aromatic N) is 1. The highest BCUT2D eigenvalue weighted by Crippen LogP contribution is 2.45. The second-order valence-corrected chi connectivity index (χ2v) is 6.74. The number of hydrogen-bond acceptors (Lipinski definition) is 3. The number of halogens is 1. The Morgan fingerprint density at radius 2 is 2.00 bits per heavy atom. The topological polar surface area (TPSA) is 55.6 Å². The van der Waals surface area contributed by atoms with Gasteiger partial charge in [0.05, 0.1) is 6.10 Å². The van der Waals surface area contributed by atoms with Crippen LogP contribution in [0.4, 0.5) is 0 Å². The third-order valence-corrected chi connectivity index (χ3v) is 4.98. The summed E-state index contributed by atoms with van der Waals surface area (Å²) in [6.07, 6.45) is 1.48. The molecule has 0 spiro atoms. The zero-order chi connectivity index (χ0) is 16.3. The number of rotatable bonds is 6. The van der Waals surface area contributed by atoms with Gasteiger partial charge in [-0.25, -0.2) is 0 Å². The fraction of sp³-hybridized carbons (Fsp3) is 0.611. The van der Waals surface area contributed by atoms with Crippen LogP contribution in [0.1, 0.15) is 45.2 Å². The molecule has 0 aromatic heterocycles. The van der Waals surface area contributed by atoms with E-state index in [0.29, 0.717) is 6.42 Å². The number of amides is 1. The molecular formula is C18H29ClN2O2. The summed E-state index contributed by atoms with van der Waals surface area (Å²) in [5.74, 6) is 0.101. The van der Waals surface area contributed by atoms with Crippen molar-refractivity contribution in [3.05, 3.63) is 35.9 Å². The van der Waals surface area contributed by atoms with Crippen LogP contribution < -0.4 is 5.73 Å². The minimum atomic E-state index is -0.248. The Hall–Kier alpha value is -1.10. The van der Waals surface area contributed by atoms with E-state index in [9.17, 15) is 4.79 Å². The fourth-order valence-corrected chi connectivity index (χ4v) is 3.33. The second kappa shape index (κ2) is 8.13. The highest BCUT2D eigenvalue weighted by atomic mass is 35.5. The molecule has 2 rings (SSSR count). The zero-order valence-corrected chi connectivity index (χ0v) is 15.3. The van der Waals surface area contributed by atoms with Gasteiger partial charge in [-0.3, -0.25) is 4.79 Å². The van der Waals surface area contributed by atoms with Gasteiger partial charge in [0.2, 0.25) is 5.91 Å². The van der Waals surface area contributed by atoms with E-state index in [0.717, 1.165) is 18.6 Å². The first kappa shape index (κ1) is 19.9. The molecule has 1 aromatic rings. The molecule has 23 heavy (non-hydrogen) atoms. The van der Waals surface area contributed by atoms with Gasteiger partial charge in [-0.05, 0) is 18.9 Å². The van der Waals surface area contributed by atoms with Crippen molar-refractivity contribution in [1.29, 1.82) is 0 Å². The molecule has 2 N–H and O–H groups in total. The quantitative estimate of drug-likeness (QED) is 0.865. The molecule has 1 saturated carbocycles. The van der Waals surface area contributed by atoms with Crippen LogP contribution in [-0.2, 0) is 9.53 Å². The van der Waals surface area contributed by atoms with Gasteiger partial charge in [-0.15, -0.1) is 12.4 Å². The highest BCUT2D eigenvalue weighted by Gasteiger charge is 2.51. The smallest absolute Gasteiger partial charge is 0.224 e. The summed E-state index contributed by atoms with van der Waals surface area (Å²) >= 11 is 0. The summed E-state index contributed by atoms with van der Waals surface area (Å²) in [6, 6.07) is 9.76. The maximum absolute atomic E-state index is 12.5. The monoisotopic (exact) mass is 340 g/mol. The van der Waals surface area contributed by atoms with E-state index in [2.05, 4.69) is 13.8 Å². The Morgan fingerprint density at radius 1 is 1.39 bits per heavy atom. The van der Waals surface area contributed by atoms with Crippen LogP contribution in [-0.4, -0.2) is 36.6 Å². The lowest BCUT2D eigenvalue weighted by molar-refractivity contribution is -0.163. The van der Waals surface area contributed by atoms with Gasteiger partial charge < -0.3 is 15.4 Å². The molecule has 4 nitrogen and oxygen atoms in total. The van der Waals surface area contributed by atoms with Crippen molar-refractivity contribution in [2.45, 2.75) is 51.8 Å². The Kier molecular flexibility index (Phi) is 7.05. The molecule has 1 aliphatic carbocycles. The lowest BCUT2D eigenvalue weighted by Gasteiger charge is -2.55. The minimum Gasteiger partial charge on any atom is -0.378 e. The van der Waals surface area contributed by atoms with Gasteiger partial charge >= 0.3 is 0 Å². The number of carbonyl (C=O) groups is 1. The molecular weight excluding hydrogens is 312 g/mol. The first-order chi connectivity index (χ1) is 10.4. The van der Waals surface area contributed by atoms with Crippen molar-refractivity contribution in [3.63, 3.8) is 0 Å².